The summed E-state index contributed by atoms with van der Waals surface area (Å²) in [5, 5.41) is 0.116. The van der Waals surface area contributed by atoms with E-state index in [1.54, 1.807) is 0 Å². The molecule has 3 aliphatic rings. The minimum atomic E-state index is -0.327. The highest BCUT2D eigenvalue weighted by Gasteiger charge is 2.34. The summed E-state index contributed by atoms with van der Waals surface area (Å²) in [6.45, 7) is 6.26. The van der Waals surface area contributed by atoms with Crippen LogP contribution in [0.15, 0.2) is 30.9 Å². The maximum absolute atomic E-state index is 14.9. The fourth-order valence-corrected chi connectivity index (χ4v) is 7.18. The lowest BCUT2D eigenvalue weighted by Crippen LogP contribution is -2.28. The van der Waals surface area contributed by atoms with E-state index in [1.165, 1.54) is 70.6 Å². The van der Waals surface area contributed by atoms with Gasteiger partial charge in [0.1, 0.15) is 10.8 Å². The van der Waals surface area contributed by atoms with Gasteiger partial charge in [0.05, 0.1) is 6.61 Å². The van der Waals surface area contributed by atoms with Gasteiger partial charge in [-0.05, 0) is 125 Å². The summed E-state index contributed by atoms with van der Waals surface area (Å²) < 4.78 is 20.3. The van der Waals surface area contributed by atoms with Crippen LogP contribution in [0.2, 0.25) is 5.02 Å². The van der Waals surface area contributed by atoms with E-state index in [2.05, 4.69) is 18.7 Å². The fourth-order valence-electron chi connectivity index (χ4n) is 6.96. The molecule has 0 N–H and O–H groups in total. The van der Waals surface area contributed by atoms with Crippen LogP contribution >= 0.6 is 11.6 Å². The smallest absolute Gasteiger partial charge is 0.153 e. The average Bonchev–Trinajstić information content (AvgIpc) is 2.86. The molecule has 3 aliphatic carbocycles. The highest BCUT2D eigenvalue weighted by atomic mass is 35.5. The molecule has 2 saturated carbocycles. The van der Waals surface area contributed by atoms with Crippen LogP contribution in [0.5, 0.6) is 5.75 Å². The van der Waals surface area contributed by atoms with Crippen LogP contribution in [-0.4, -0.2) is 6.61 Å². The van der Waals surface area contributed by atoms with Crippen LogP contribution in [0, 0.1) is 35.4 Å². The number of halogens is 2. The molecule has 1 atom stereocenters. The Bertz CT molecular complexity index is 815. The third-order valence-electron chi connectivity index (χ3n) is 8.96. The predicted molar refractivity (Wildman–Crippen MR) is 138 cm³/mol. The van der Waals surface area contributed by atoms with Crippen molar-refractivity contribution in [3.8, 4) is 5.75 Å². The van der Waals surface area contributed by atoms with E-state index in [0.29, 0.717) is 17.9 Å². The monoisotopic (exact) mass is 472 g/mol. The van der Waals surface area contributed by atoms with Gasteiger partial charge in [-0.2, -0.15) is 0 Å². The molecule has 0 saturated heterocycles. The maximum atomic E-state index is 14.9. The summed E-state index contributed by atoms with van der Waals surface area (Å²) >= 11 is 6.22. The van der Waals surface area contributed by atoms with Gasteiger partial charge in [-0.1, -0.05) is 36.6 Å². The van der Waals surface area contributed by atoms with Crippen LogP contribution in [0.3, 0.4) is 0 Å². The van der Waals surface area contributed by atoms with Gasteiger partial charge >= 0.3 is 0 Å². The van der Waals surface area contributed by atoms with Gasteiger partial charge in [0.2, 0.25) is 0 Å². The molecule has 33 heavy (non-hydrogen) atoms. The molecular formula is C30H42ClFO. The molecule has 0 bridgehead atoms. The molecule has 0 spiro atoms. The van der Waals surface area contributed by atoms with Crippen molar-refractivity contribution in [2.45, 2.75) is 90.4 Å². The van der Waals surface area contributed by atoms with Gasteiger partial charge in [-0.3, -0.25) is 0 Å². The molecule has 3 heteroatoms. The first kappa shape index (κ1) is 24.8. The Balaban J connectivity index is 1.26. The lowest BCUT2D eigenvalue weighted by atomic mass is 9.65. The van der Waals surface area contributed by atoms with E-state index in [0.717, 1.165) is 48.0 Å². The second kappa shape index (κ2) is 11.9. The zero-order chi connectivity index (χ0) is 23.2. The third kappa shape index (κ3) is 6.05. The minimum Gasteiger partial charge on any atom is -0.492 e. The van der Waals surface area contributed by atoms with Crippen molar-refractivity contribution in [2.24, 2.45) is 29.6 Å². The molecule has 1 unspecified atom stereocenters. The summed E-state index contributed by atoms with van der Waals surface area (Å²) in [6.07, 6.45) is 21.6. The number of rotatable bonds is 8. The SMILES string of the molecule is C=CCCC1CCC(C2CCC(C3CC=C(c4ccc(OCC)c(Cl)c4F)CC3)CC2)CC1. The third-order valence-corrected chi connectivity index (χ3v) is 9.32. The fraction of sp³-hybridized carbons (Fsp3) is 0.667. The van der Waals surface area contributed by atoms with Crippen molar-refractivity contribution in [3.63, 3.8) is 0 Å². The Hall–Kier alpha value is -1.28. The summed E-state index contributed by atoms with van der Waals surface area (Å²) in [5.41, 5.74) is 1.78. The van der Waals surface area contributed by atoms with Gasteiger partial charge in [-0.15, -0.1) is 6.58 Å². The van der Waals surface area contributed by atoms with Gasteiger partial charge in [0.25, 0.3) is 0 Å². The number of hydrogen-bond donors (Lipinski definition) is 0. The van der Waals surface area contributed by atoms with Crippen LogP contribution in [0.1, 0.15) is 96.0 Å². The standard InChI is InChI=1S/C30H42ClFO/c1-3-5-6-21-7-9-22(10-8-21)23-11-13-24(14-12-23)25-15-17-26(18-16-25)27-19-20-28(33-4-2)29(31)30(27)32/h3,17,19-25H,1,4-16,18H2,2H3. The molecule has 1 aromatic rings. The molecule has 0 radical (unpaired) electrons. The number of benzene rings is 1. The van der Waals surface area contributed by atoms with Crippen LogP contribution in [-0.2, 0) is 0 Å². The van der Waals surface area contributed by atoms with E-state index < -0.39 is 0 Å². The quantitative estimate of drug-likeness (QED) is 0.342. The number of ether oxygens (including phenoxy) is 1. The van der Waals surface area contributed by atoms with Gasteiger partial charge in [0.15, 0.2) is 5.82 Å². The van der Waals surface area contributed by atoms with Crippen LogP contribution < -0.4 is 4.74 Å². The van der Waals surface area contributed by atoms with Gasteiger partial charge in [0, 0.05) is 5.56 Å². The molecule has 0 aliphatic heterocycles. The highest BCUT2D eigenvalue weighted by Crippen LogP contribution is 2.46. The lowest BCUT2D eigenvalue weighted by Gasteiger charge is -2.40. The van der Waals surface area contributed by atoms with E-state index in [9.17, 15) is 4.39 Å². The zero-order valence-electron chi connectivity index (χ0n) is 20.5. The first-order valence-electron chi connectivity index (χ1n) is 13.5. The second-order valence-corrected chi connectivity index (χ2v) is 11.1. The van der Waals surface area contributed by atoms with Gasteiger partial charge in [-0.25, -0.2) is 4.39 Å². The van der Waals surface area contributed by atoms with Crippen molar-refractivity contribution in [1.29, 1.82) is 0 Å². The van der Waals surface area contributed by atoms with E-state index in [1.807, 2.05) is 19.1 Å². The first-order valence-corrected chi connectivity index (χ1v) is 13.9. The Labute approximate surface area is 205 Å². The summed E-state index contributed by atoms with van der Waals surface area (Å²) in [5.74, 6) is 4.65. The van der Waals surface area contributed by atoms with Crippen molar-refractivity contribution in [1.82, 2.24) is 0 Å². The molecular weight excluding hydrogens is 431 g/mol. The largest absolute Gasteiger partial charge is 0.492 e. The van der Waals surface area contributed by atoms with E-state index >= 15 is 0 Å². The topological polar surface area (TPSA) is 9.23 Å². The van der Waals surface area contributed by atoms with Crippen molar-refractivity contribution in [2.75, 3.05) is 6.61 Å². The number of hydrogen-bond acceptors (Lipinski definition) is 1. The van der Waals surface area contributed by atoms with Crippen LogP contribution in [0.4, 0.5) is 4.39 Å². The van der Waals surface area contributed by atoms with E-state index in [4.69, 9.17) is 16.3 Å². The molecule has 0 amide bonds. The van der Waals surface area contributed by atoms with E-state index in [-0.39, 0.29) is 10.8 Å². The maximum Gasteiger partial charge on any atom is 0.153 e. The molecule has 0 aromatic heterocycles. The van der Waals surface area contributed by atoms with Crippen molar-refractivity contribution < 1.29 is 9.13 Å². The average molecular weight is 473 g/mol. The Kier molecular flexibility index (Phi) is 8.97. The normalized spacial score (nSPS) is 30.5. The number of allylic oxidation sites excluding steroid dienone is 3. The summed E-state index contributed by atoms with van der Waals surface area (Å²) in [7, 11) is 0. The highest BCUT2D eigenvalue weighted by molar-refractivity contribution is 6.32. The molecule has 182 valence electrons. The first-order chi connectivity index (χ1) is 16.1. The molecule has 2 fully saturated rings. The molecule has 0 heterocycles. The Morgan fingerprint density at radius 1 is 0.970 bits per heavy atom. The summed E-state index contributed by atoms with van der Waals surface area (Å²) in [4.78, 5) is 0. The Morgan fingerprint density at radius 3 is 2.18 bits per heavy atom. The van der Waals surface area contributed by atoms with Gasteiger partial charge < -0.3 is 4.74 Å². The second-order valence-electron chi connectivity index (χ2n) is 10.8. The van der Waals surface area contributed by atoms with Crippen molar-refractivity contribution >= 4 is 17.2 Å². The van der Waals surface area contributed by atoms with Crippen LogP contribution in [0.25, 0.3) is 5.57 Å². The zero-order valence-corrected chi connectivity index (χ0v) is 21.2. The summed E-state index contributed by atoms with van der Waals surface area (Å²) in [6, 6.07) is 3.65. The molecule has 1 aromatic carbocycles. The lowest BCUT2D eigenvalue weighted by molar-refractivity contribution is 0.121. The molecule has 4 rings (SSSR count). The molecule has 1 nitrogen and oxygen atoms in total. The predicted octanol–water partition coefficient (Wildman–Crippen LogP) is 9.64. The minimum absolute atomic E-state index is 0.116. The Morgan fingerprint density at radius 2 is 1.61 bits per heavy atom. The van der Waals surface area contributed by atoms with Crippen molar-refractivity contribution in [3.05, 3.63) is 47.3 Å².